The van der Waals surface area contributed by atoms with Crippen LogP contribution in [-0.4, -0.2) is 56.5 Å². The molecular formula is C11H17N5O3. The second-order valence-electron chi connectivity index (χ2n) is 5.12. The molecule has 1 aromatic rings. The molecule has 1 aromatic heterocycles. The van der Waals surface area contributed by atoms with Crippen LogP contribution in [0.15, 0.2) is 6.20 Å². The number of amides is 1. The van der Waals surface area contributed by atoms with E-state index in [4.69, 9.17) is 10.8 Å². The van der Waals surface area contributed by atoms with Crippen molar-refractivity contribution >= 4 is 11.9 Å². The van der Waals surface area contributed by atoms with Gasteiger partial charge in [0.15, 0.2) is 5.69 Å². The van der Waals surface area contributed by atoms with Crippen LogP contribution in [0.4, 0.5) is 0 Å². The molecule has 0 aliphatic carbocycles. The first-order chi connectivity index (χ1) is 8.90. The predicted molar refractivity (Wildman–Crippen MR) is 65.3 cm³/mol. The molecule has 0 bridgehead atoms. The zero-order valence-corrected chi connectivity index (χ0v) is 10.7. The first-order valence-corrected chi connectivity index (χ1v) is 6.06. The largest absolute Gasteiger partial charge is 0.476 e. The number of aromatic nitrogens is 3. The highest BCUT2D eigenvalue weighted by Gasteiger charge is 2.38. The van der Waals surface area contributed by atoms with Gasteiger partial charge in [-0.3, -0.25) is 9.48 Å². The number of carbonyl (C=O) groups is 2. The number of likely N-dealkylation sites (tertiary alicyclic amines) is 1. The molecule has 8 heteroatoms. The summed E-state index contributed by atoms with van der Waals surface area (Å²) in [6.45, 7) is 4.52. The minimum Gasteiger partial charge on any atom is -0.476 e. The van der Waals surface area contributed by atoms with Gasteiger partial charge in [0.2, 0.25) is 5.91 Å². The Morgan fingerprint density at radius 3 is 2.79 bits per heavy atom. The number of carboxylic acids is 1. The highest BCUT2D eigenvalue weighted by molar-refractivity contribution is 5.84. The van der Waals surface area contributed by atoms with Crippen LogP contribution in [0.1, 0.15) is 23.8 Å². The van der Waals surface area contributed by atoms with E-state index in [0.717, 1.165) is 13.0 Å². The maximum atomic E-state index is 11.3. The van der Waals surface area contributed by atoms with Gasteiger partial charge >= 0.3 is 5.97 Å². The molecule has 1 fully saturated rings. The Balaban J connectivity index is 1.86. The smallest absolute Gasteiger partial charge is 0.358 e. The Labute approximate surface area is 110 Å². The third-order valence-electron chi connectivity index (χ3n) is 3.55. The van der Waals surface area contributed by atoms with Crippen molar-refractivity contribution in [3.63, 3.8) is 0 Å². The van der Waals surface area contributed by atoms with Gasteiger partial charge in [-0.1, -0.05) is 5.21 Å². The van der Waals surface area contributed by atoms with E-state index in [2.05, 4.69) is 15.2 Å². The molecule has 2 heterocycles. The fourth-order valence-electron chi connectivity index (χ4n) is 2.20. The minimum absolute atomic E-state index is 0.0663. The molecule has 19 heavy (non-hydrogen) atoms. The molecule has 1 aliphatic heterocycles. The van der Waals surface area contributed by atoms with Crippen molar-refractivity contribution < 1.29 is 14.7 Å². The van der Waals surface area contributed by atoms with Gasteiger partial charge < -0.3 is 15.7 Å². The van der Waals surface area contributed by atoms with Gasteiger partial charge in [0.25, 0.3) is 0 Å². The van der Waals surface area contributed by atoms with Gasteiger partial charge in [0.05, 0.1) is 18.2 Å². The molecule has 3 N–H and O–H groups in total. The summed E-state index contributed by atoms with van der Waals surface area (Å²) in [5.74, 6) is -1.36. The van der Waals surface area contributed by atoms with E-state index in [9.17, 15) is 9.59 Å². The lowest BCUT2D eigenvalue weighted by atomic mass is 9.89. The van der Waals surface area contributed by atoms with Crippen molar-refractivity contribution in [3.8, 4) is 0 Å². The lowest BCUT2D eigenvalue weighted by Crippen LogP contribution is -2.37. The van der Waals surface area contributed by atoms with Crippen LogP contribution in [0.25, 0.3) is 0 Å². The van der Waals surface area contributed by atoms with Gasteiger partial charge in [0.1, 0.15) is 0 Å². The van der Waals surface area contributed by atoms with Crippen molar-refractivity contribution in [2.75, 3.05) is 19.6 Å². The molecule has 1 amide bonds. The maximum absolute atomic E-state index is 11.3. The van der Waals surface area contributed by atoms with E-state index in [-0.39, 0.29) is 11.6 Å². The van der Waals surface area contributed by atoms with Crippen LogP contribution in [0, 0.1) is 5.41 Å². The predicted octanol–water partition coefficient (Wildman–Crippen LogP) is -0.826. The zero-order chi connectivity index (χ0) is 14.0. The summed E-state index contributed by atoms with van der Waals surface area (Å²) in [5.41, 5.74) is 4.85. The summed E-state index contributed by atoms with van der Waals surface area (Å²) in [5, 5.41) is 16.0. The second-order valence-corrected chi connectivity index (χ2v) is 5.12. The van der Waals surface area contributed by atoms with Gasteiger partial charge in [0, 0.05) is 13.1 Å². The number of nitrogens with two attached hydrogens (primary N) is 1. The highest BCUT2D eigenvalue weighted by atomic mass is 16.4. The summed E-state index contributed by atoms with van der Waals surface area (Å²) in [6.07, 6.45) is 2.14. The number of nitrogens with zero attached hydrogens (tertiary/aromatic N) is 4. The Hall–Kier alpha value is -1.96. The molecule has 1 saturated heterocycles. The molecule has 0 radical (unpaired) electrons. The number of hydrogen-bond acceptors (Lipinski definition) is 5. The van der Waals surface area contributed by atoms with Crippen LogP contribution in [-0.2, 0) is 11.3 Å². The number of aromatic carboxylic acids is 1. The molecule has 8 nitrogen and oxygen atoms in total. The topological polar surface area (TPSA) is 114 Å². The highest BCUT2D eigenvalue weighted by Crippen LogP contribution is 2.29. The van der Waals surface area contributed by atoms with Gasteiger partial charge in [-0.15, -0.1) is 5.10 Å². The first kappa shape index (κ1) is 13.5. The van der Waals surface area contributed by atoms with E-state index in [0.29, 0.717) is 19.6 Å². The van der Waals surface area contributed by atoms with Crippen molar-refractivity contribution in [1.82, 2.24) is 19.9 Å². The molecule has 0 aromatic carbocycles. The Morgan fingerprint density at radius 2 is 2.26 bits per heavy atom. The number of primary amides is 1. The van der Waals surface area contributed by atoms with Crippen LogP contribution in [0.3, 0.4) is 0 Å². The fraction of sp³-hybridized carbons (Fsp3) is 0.636. The Bertz CT molecular complexity index is 500. The monoisotopic (exact) mass is 267 g/mol. The zero-order valence-electron chi connectivity index (χ0n) is 10.7. The molecule has 1 atom stereocenters. The molecule has 1 aliphatic rings. The van der Waals surface area contributed by atoms with Crippen LogP contribution in [0.2, 0.25) is 0 Å². The molecule has 0 spiro atoms. The van der Waals surface area contributed by atoms with Crippen molar-refractivity contribution in [2.24, 2.45) is 11.1 Å². The minimum atomic E-state index is -1.09. The summed E-state index contributed by atoms with van der Waals surface area (Å²) in [7, 11) is 0. The van der Waals surface area contributed by atoms with Gasteiger partial charge in [-0.05, 0) is 19.9 Å². The third-order valence-corrected chi connectivity index (χ3v) is 3.55. The first-order valence-electron chi connectivity index (χ1n) is 6.06. The lowest BCUT2D eigenvalue weighted by molar-refractivity contribution is -0.126. The maximum Gasteiger partial charge on any atom is 0.358 e. The SMILES string of the molecule is CC1(C(N)=O)CCN(CCn2cc(C(=O)O)nn2)C1. The molecule has 2 rings (SSSR count). The normalized spacial score (nSPS) is 23.6. The van der Waals surface area contributed by atoms with Crippen LogP contribution in [0.5, 0.6) is 0 Å². The molecule has 1 unspecified atom stereocenters. The van der Waals surface area contributed by atoms with Gasteiger partial charge in [-0.25, -0.2) is 4.79 Å². The number of rotatable bonds is 5. The molecule has 104 valence electrons. The van der Waals surface area contributed by atoms with E-state index in [1.807, 2.05) is 6.92 Å². The second kappa shape index (κ2) is 4.96. The summed E-state index contributed by atoms with van der Waals surface area (Å²) in [4.78, 5) is 24.1. The summed E-state index contributed by atoms with van der Waals surface area (Å²) >= 11 is 0. The number of carbonyl (C=O) groups excluding carboxylic acids is 1. The van der Waals surface area contributed by atoms with Crippen molar-refractivity contribution in [2.45, 2.75) is 19.9 Å². The van der Waals surface area contributed by atoms with Crippen molar-refractivity contribution in [1.29, 1.82) is 0 Å². The van der Waals surface area contributed by atoms with E-state index >= 15 is 0 Å². The number of hydrogen-bond donors (Lipinski definition) is 2. The van der Waals surface area contributed by atoms with Gasteiger partial charge in [-0.2, -0.15) is 0 Å². The summed E-state index contributed by atoms with van der Waals surface area (Å²) < 4.78 is 1.49. The standard InChI is InChI=1S/C11H17N5O3/c1-11(10(12)19)2-3-15(7-11)4-5-16-6-8(9(17)18)13-14-16/h6H,2-5,7H2,1H3,(H2,12,19)(H,17,18). The quantitative estimate of drug-likeness (QED) is 0.720. The Morgan fingerprint density at radius 1 is 1.53 bits per heavy atom. The third kappa shape index (κ3) is 2.90. The average Bonchev–Trinajstić information content (AvgIpc) is 2.94. The van der Waals surface area contributed by atoms with E-state index < -0.39 is 11.4 Å². The van der Waals surface area contributed by atoms with Crippen molar-refractivity contribution in [3.05, 3.63) is 11.9 Å². The lowest BCUT2D eigenvalue weighted by Gasteiger charge is -2.20. The summed E-state index contributed by atoms with van der Waals surface area (Å²) in [6, 6.07) is 0. The van der Waals surface area contributed by atoms with E-state index in [1.54, 1.807) is 0 Å². The van der Waals surface area contributed by atoms with Crippen LogP contribution < -0.4 is 5.73 Å². The van der Waals surface area contributed by atoms with Crippen LogP contribution >= 0.6 is 0 Å². The Kier molecular flexibility index (Phi) is 3.52. The molecule has 0 saturated carbocycles. The number of carboxylic acid groups (broad SMARTS) is 1. The average molecular weight is 267 g/mol. The van der Waals surface area contributed by atoms with E-state index in [1.165, 1.54) is 10.9 Å². The fourth-order valence-corrected chi connectivity index (χ4v) is 2.20. The molecular weight excluding hydrogens is 250 g/mol.